The summed E-state index contributed by atoms with van der Waals surface area (Å²) in [6, 6.07) is 11.8. The molecule has 0 bridgehead atoms. The van der Waals surface area contributed by atoms with Crippen LogP contribution in [0.25, 0.3) is 0 Å². The van der Waals surface area contributed by atoms with E-state index in [0.29, 0.717) is 19.8 Å². The second kappa shape index (κ2) is 8.25. The molecule has 0 aromatic heterocycles. The summed E-state index contributed by atoms with van der Waals surface area (Å²) >= 11 is 1.46. The van der Waals surface area contributed by atoms with Gasteiger partial charge in [-0.1, -0.05) is 12.1 Å². The van der Waals surface area contributed by atoms with Gasteiger partial charge in [0.15, 0.2) is 11.5 Å². The lowest BCUT2D eigenvalue weighted by atomic mass is 10.2. The molecule has 1 unspecified atom stereocenters. The van der Waals surface area contributed by atoms with Crippen molar-refractivity contribution >= 4 is 17.7 Å². The van der Waals surface area contributed by atoms with Gasteiger partial charge in [-0.05, 0) is 42.8 Å². The van der Waals surface area contributed by atoms with Gasteiger partial charge in [0.1, 0.15) is 5.82 Å². The second-order valence-electron chi connectivity index (χ2n) is 5.76. The summed E-state index contributed by atoms with van der Waals surface area (Å²) in [6.45, 7) is 3.52. The molecule has 2 aromatic carbocycles. The minimum absolute atomic E-state index is 0.0681. The highest BCUT2D eigenvalue weighted by atomic mass is 32.2. The van der Waals surface area contributed by atoms with Gasteiger partial charge in [-0.3, -0.25) is 4.79 Å². The maximum absolute atomic E-state index is 12.9. The molecule has 1 aliphatic heterocycles. The first kappa shape index (κ1) is 17.6. The first-order valence-corrected chi connectivity index (χ1v) is 9.08. The summed E-state index contributed by atoms with van der Waals surface area (Å²) in [5.74, 6) is 1.12. The van der Waals surface area contributed by atoms with Gasteiger partial charge >= 0.3 is 0 Å². The smallest absolute Gasteiger partial charge is 0.233 e. The Bertz CT molecular complexity index is 736. The Balaban J connectivity index is 1.56. The SMILES string of the molecule is CC(Sc1ccc2c(c1)OCCCO2)C(=O)NCc1ccc(F)cc1. The Kier molecular flexibility index (Phi) is 5.81. The van der Waals surface area contributed by atoms with Crippen molar-refractivity contribution in [3.05, 3.63) is 53.8 Å². The predicted molar refractivity (Wildman–Crippen MR) is 95.6 cm³/mol. The van der Waals surface area contributed by atoms with Gasteiger partial charge in [0.05, 0.1) is 18.5 Å². The molecule has 1 heterocycles. The van der Waals surface area contributed by atoms with Gasteiger partial charge < -0.3 is 14.8 Å². The molecule has 0 spiro atoms. The quantitative estimate of drug-likeness (QED) is 0.824. The molecule has 1 amide bonds. The number of nitrogens with one attached hydrogen (secondary N) is 1. The first-order chi connectivity index (χ1) is 12.1. The van der Waals surface area contributed by atoms with E-state index in [0.717, 1.165) is 28.4 Å². The van der Waals surface area contributed by atoms with Gasteiger partial charge in [-0.15, -0.1) is 11.8 Å². The number of fused-ring (bicyclic) bond motifs is 1. The normalized spacial score (nSPS) is 14.5. The fourth-order valence-corrected chi connectivity index (χ4v) is 3.33. The first-order valence-electron chi connectivity index (χ1n) is 8.20. The number of thioether (sulfide) groups is 1. The van der Waals surface area contributed by atoms with E-state index in [-0.39, 0.29) is 17.0 Å². The zero-order valence-electron chi connectivity index (χ0n) is 14.0. The van der Waals surface area contributed by atoms with Gasteiger partial charge in [0.25, 0.3) is 0 Å². The number of ether oxygens (including phenoxy) is 2. The van der Waals surface area contributed by atoms with Crippen molar-refractivity contribution in [2.45, 2.75) is 30.0 Å². The van der Waals surface area contributed by atoms with Crippen LogP contribution in [-0.2, 0) is 11.3 Å². The lowest BCUT2D eigenvalue weighted by Crippen LogP contribution is -2.30. The van der Waals surface area contributed by atoms with Crippen molar-refractivity contribution < 1.29 is 18.7 Å². The Labute approximate surface area is 150 Å². The summed E-state index contributed by atoms with van der Waals surface area (Å²) in [7, 11) is 0. The highest BCUT2D eigenvalue weighted by Crippen LogP contribution is 2.35. The van der Waals surface area contributed by atoms with E-state index in [9.17, 15) is 9.18 Å². The molecule has 1 atom stereocenters. The van der Waals surface area contributed by atoms with Crippen LogP contribution >= 0.6 is 11.8 Å². The zero-order valence-corrected chi connectivity index (χ0v) is 14.8. The minimum Gasteiger partial charge on any atom is -0.490 e. The van der Waals surface area contributed by atoms with Crippen molar-refractivity contribution in [3.63, 3.8) is 0 Å². The van der Waals surface area contributed by atoms with E-state index in [2.05, 4.69) is 5.32 Å². The number of benzene rings is 2. The molecule has 2 aromatic rings. The van der Waals surface area contributed by atoms with Crippen LogP contribution in [0.2, 0.25) is 0 Å². The Hall–Kier alpha value is -2.21. The van der Waals surface area contributed by atoms with Crippen LogP contribution in [0.5, 0.6) is 11.5 Å². The molecule has 0 saturated heterocycles. The fourth-order valence-electron chi connectivity index (χ4n) is 2.41. The molecule has 1 N–H and O–H groups in total. The average molecular weight is 361 g/mol. The van der Waals surface area contributed by atoms with Crippen LogP contribution in [0.3, 0.4) is 0 Å². The number of rotatable bonds is 5. The van der Waals surface area contributed by atoms with Gasteiger partial charge in [-0.2, -0.15) is 0 Å². The summed E-state index contributed by atoms with van der Waals surface area (Å²) in [4.78, 5) is 13.2. The molecule has 4 nitrogen and oxygen atoms in total. The third-order valence-corrected chi connectivity index (χ3v) is 4.87. The minimum atomic E-state index is -0.284. The Morgan fingerprint density at radius 3 is 2.64 bits per heavy atom. The second-order valence-corrected chi connectivity index (χ2v) is 7.18. The number of carbonyl (C=O) groups is 1. The number of halogens is 1. The predicted octanol–water partition coefficient (Wildman–Crippen LogP) is 3.78. The highest BCUT2D eigenvalue weighted by Gasteiger charge is 2.16. The summed E-state index contributed by atoms with van der Waals surface area (Å²) in [5.41, 5.74) is 0.863. The Morgan fingerprint density at radius 2 is 1.88 bits per heavy atom. The van der Waals surface area contributed by atoms with Crippen LogP contribution < -0.4 is 14.8 Å². The van der Waals surface area contributed by atoms with Crippen molar-refractivity contribution in [2.24, 2.45) is 0 Å². The third-order valence-electron chi connectivity index (χ3n) is 3.78. The van der Waals surface area contributed by atoms with Crippen molar-refractivity contribution in [3.8, 4) is 11.5 Å². The molecule has 132 valence electrons. The number of hydrogen-bond acceptors (Lipinski definition) is 4. The monoisotopic (exact) mass is 361 g/mol. The summed E-state index contributed by atoms with van der Waals surface area (Å²) in [6.07, 6.45) is 0.860. The van der Waals surface area contributed by atoms with E-state index >= 15 is 0 Å². The van der Waals surface area contributed by atoms with E-state index in [1.54, 1.807) is 12.1 Å². The molecule has 0 aliphatic carbocycles. The van der Waals surface area contributed by atoms with Gasteiger partial charge in [-0.25, -0.2) is 4.39 Å². The molecule has 25 heavy (non-hydrogen) atoms. The van der Waals surface area contributed by atoms with E-state index < -0.39 is 0 Å². The lowest BCUT2D eigenvalue weighted by molar-refractivity contribution is -0.120. The molecule has 3 rings (SSSR count). The lowest BCUT2D eigenvalue weighted by Gasteiger charge is -2.14. The molecule has 1 aliphatic rings. The number of amides is 1. The molecular formula is C19H20FNO3S. The maximum atomic E-state index is 12.9. The molecule has 0 fully saturated rings. The zero-order chi connectivity index (χ0) is 17.6. The summed E-state index contributed by atoms with van der Waals surface area (Å²) in [5, 5.41) is 2.61. The van der Waals surface area contributed by atoms with Crippen molar-refractivity contribution in [2.75, 3.05) is 13.2 Å². The van der Waals surface area contributed by atoms with E-state index in [4.69, 9.17) is 9.47 Å². The number of carbonyl (C=O) groups excluding carboxylic acids is 1. The maximum Gasteiger partial charge on any atom is 0.233 e. The highest BCUT2D eigenvalue weighted by molar-refractivity contribution is 8.00. The van der Waals surface area contributed by atoms with E-state index in [1.807, 2.05) is 25.1 Å². The Morgan fingerprint density at radius 1 is 1.16 bits per heavy atom. The molecular weight excluding hydrogens is 341 g/mol. The largest absolute Gasteiger partial charge is 0.490 e. The standard InChI is InChI=1S/C19H20FNO3S/c1-13(19(22)21-12-14-3-5-15(20)6-4-14)25-16-7-8-17-18(11-16)24-10-2-9-23-17/h3-8,11,13H,2,9-10,12H2,1H3,(H,21,22). The van der Waals surface area contributed by atoms with Crippen LogP contribution in [0.15, 0.2) is 47.4 Å². The molecule has 6 heteroatoms. The van der Waals surface area contributed by atoms with Crippen LogP contribution in [0.4, 0.5) is 4.39 Å². The average Bonchev–Trinajstić information content (AvgIpc) is 2.86. The van der Waals surface area contributed by atoms with Gasteiger partial charge in [0, 0.05) is 17.9 Å². The number of hydrogen-bond donors (Lipinski definition) is 1. The topological polar surface area (TPSA) is 47.6 Å². The molecule has 0 radical (unpaired) electrons. The van der Waals surface area contributed by atoms with Gasteiger partial charge in [0.2, 0.25) is 5.91 Å². The van der Waals surface area contributed by atoms with E-state index in [1.165, 1.54) is 23.9 Å². The van der Waals surface area contributed by atoms with Crippen LogP contribution in [0, 0.1) is 5.82 Å². The third kappa shape index (κ3) is 4.89. The summed E-state index contributed by atoms with van der Waals surface area (Å²) < 4.78 is 24.2. The van der Waals surface area contributed by atoms with Crippen molar-refractivity contribution in [1.29, 1.82) is 0 Å². The fraction of sp³-hybridized carbons (Fsp3) is 0.316. The van der Waals surface area contributed by atoms with Crippen LogP contribution in [-0.4, -0.2) is 24.4 Å². The van der Waals surface area contributed by atoms with Crippen LogP contribution in [0.1, 0.15) is 18.9 Å². The van der Waals surface area contributed by atoms with Crippen molar-refractivity contribution in [1.82, 2.24) is 5.32 Å². The molecule has 0 saturated carbocycles.